The molecule has 2 N–H and O–H groups in total. The molecule has 0 spiro atoms. The summed E-state index contributed by atoms with van der Waals surface area (Å²) in [6.45, 7) is 1.53. The smallest absolute Gasteiger partial charge is 0.251 e. The number of nitrogens with one attached hydrogen (secondary N) is 1. The summed E-state index contributed by atoms with van der Waals surface area (Å²) in [5, 5.41) is 13.1. The van der Waals surface area contributed by atoms with Crippen LogP contribution in [0.25, 0.3) is 0 Å². The van der Waals surface area contributed by atoms with Crippen molar-refractivity contribution < 1.29 is 23.8 Å². The van der Waals surface area contributed by atoms with Crippen molar-refractivity contribution in [1.29, 1.82) is 0 Å². The van der Waals surface area contributed by atoms with Crippen molar-refractivity contribution >= 4 is 5.91 Å². The molecule has 0 radical (unpaired) electrons. The fraction of sp³-hybridized carbons (Fsp3) is 0.278. The summed E-state index contributed by atoms with van der Waals surface area (Å²) in [6.07, 6.45) is 0. The summed E-state index contributed by atoms with van der Waals surface area (Å²) < 4.78 is 23.3. The van der Waals surface area contributed by atoms with E-state index in [9.17, 15) is 14.3 Å². The van der Waals surface area contributed by atoms with Gasteiger partial charge >= 0.3 is 0 Å². The number of methoxy groups -OCH3 is 2. The number of amides is 1. The van der Waals surface area contributed by atoms with Gasteiger partial charge in [0.2, 0.25) is 0 Å². The van der Waals surface area contributed by atoms with E-state index in [0.717, 1.165) is 0 Å². The van der Waals surface area contributed by atoms with Gasteiger partial charge in [-0.15, -0.1) is 0 Å². The molecule has 0 fully saturated rings. The van der Waals surface area contributed by atoms with Gasteiger partial charge < -0.3 is 19.9 Å². The number of carbonyl (C=O) groups excluding carboxylic acids is 1. The number of rotatable bonds is 6. The monoisotopic (exact) mass is 333 g/mol. The van der Waals surface area contributed by atoms with Gasteiger partial charge in [-0.1, -0.05) is 12.1 Å². The lowest BCUT2D eigenvalue weighted by Gasteiger charge is -2.24. The van der Waals surface area contributed by atoms with Crippen LogP contribution in [-0.2, 0) is 5.60 Å². The predicted octanol–water partition coefficient (Wildman–Crippen LogP) is 2.48. The van der Waals surface area contributed by atoms with Gasteiger partial charge in [0, 0.05) is 5.56 Å². The Morgan fingerprint density at radius 2 is 1.75 bits per heavy atom. The highest BCUT2D eigenvalue weighted by molar-refractivity contribution is 5.94. The number of ether oxygens (including phenoxy) is 2. The maximum Gasteiger partial charge on any atom is 0.251 e. The van der Waals surface area contributed by atoms with Gasteiger partial charge in [-0.3, -0.25) is 4.79 Å². The minimum absolute atomic E-state index is 0.0220. The summed E-state index contributed by atoms with van der Waals surface area (Å²) in [5.74, 6) is 0.213. The second-order valence-corrected chi connectivity index (χ2v) is 5.53. The van der Waals surface area contributed by atoms with Crippen molar-refractivity contribution in [2.45, 2.75) is 12.5 Å². The van der Waals surface area contributed by atoms with Gasteiger partial charge in [-0.2, -0.15) is 0 Å². The Kier molecular flexibility index (Phi) is 5.41. The molecule has 128 valence electrons. The Morgan fingerprint density at radius 3 is 2.33 bits per heavy atom. The molecule has 0 bridgehead atoms. The summed E-state index contributed by atoms with van der Waals surface area (Å²) >= 11 is 0. The van der Waals surface area contributed by atoms with Crippen LogP contribution < -0.4 is 14.8 Å². The van der Waals surface area contributed by atoms with Gasteiger partial charge in [0.15, 0.2) is 11.5 Å². The third kappa shape index (κ3) is 4.02. The molecule has 1 atom stereocenters. The van der Waals surface area contributed by atoms with E-state index in [1.807, 2.05) is 0 Å². The lowest BCUT2D eigenvalue weighted by atomic mass is 9.96. The van der Waals surface area contributed by atoms with E-state index in [2.05, 4.69) is 5.32 Å². The molecule has 0 aliphatic carbocycles. The van der Waals surface area contributed by atoms with Crippen molar-refractivity contribution in [1.82, 2.24) is 5.32 Å². The molecular weight excluding hydrogens is 313 g/mol. The maximum absolute atomic E-state index is 13.0. The Hall–Kier alpha value is -2.60. The second kappa shape index (κ2) is 7.31. The van der Waals surface area contributed by atoms with E-state index in [1.54, 1.807) is 25.1 Å². The van der Waals surface area contributed by atoms with Crippen molar-refractivity contribution in [2.24, 2.45) is 0 Å². The van der Waals surface area contributed by atoms with Crippen LogP contribution in [0.15, 0.2) is 42.5 Å². The van der Waals surface area contributed by atoms with Crippen LogP contribution in [0.4, 0.5) is 4.39 Å². The predicted molar refractivity (Wildman–Crippen MR) is 87.9 cm³/mol. The van der Waals surface area contributed by atoms with Crippen LogP contribution in [0.1, 0.15) is 22.8 Å². The van der Waals surface area contributed by atoms with Crippen molar-refractivity contribution in [3.63, 3.8) is 0 Å². The van der Waals surface area contributed by atoms with Gasteiger partial charge in [-0.05, 0) is 42.8 Å². The molecule has 0 saturated heterocycles. The standard InChI is InChI=1S/C18H20FNO4/c1-18(22,13-5-7-14(19)8-6-13)11-20-17(21)12-4-9-15(23-2)16(10-12)24-3/h4-10,22H,11H2,1-3H3,(H,20,21). The lowest BCUT2D eigenvalue weighted by Crippen LogP contribution is -2.38. The number of benzene rings is 2. The minimum Gasteiger partial charge on any atom is -0.493 e. The van der Waals surface area contributed by atoms with Crippen LogP contribution in [-0.4, -0.2) is 31.8 Å². The number of hydrogen-bond acceptors (Lipinski definition) is 4. The quantitative estimate of drug-likeness (QED) is 0.852. The van der Waals surface area contributed by atoms with Crippen LogP contribution in [0.3, 0.4) is 0 Å². The Balaban J connectivity index is 2.08. The van der Waals surface area contributed by atoms with Crippen molar-refractivity contribution in [2.75, 3.05) is 20.8 Å². The average molecular weight is 333 g/mol. The molecule has 0 heterocycles. The molecule has 1 amide bonds. The Bertz CT molecular complexity index is 713. The largest absolute Gasteiger partial charge is 0.493 e. The van der Waals surface area contributed by atoms with Gasteiger partial charge in [0.25, 0.3) is 5.91 Å². The van der Waals surface area contributed by atoms with E-state index in [0.29, 0.717) is 22.6 Å². The van der Waals surface area contributed by atoms with Crippen molar-refractivity contribution in [3.8, 4) is 11.5 Å². The van der Waals surface area contributed by atoms with E-state index < -0.39 is 5.60 Å². The first kappa shape index (κ1) is 17.7. The topological polar surface area (TPSA) is 67.8 Å². The third-order valence-corrected chi connectivity index (χ3v) is 3.71. The zero-order valence-electron chi connectivity index (χ0n) is 13.8. The fourth-order valence-electron chi connectivity index (χ4n) is 2.24. The fourth-order valence-corrected chi connectivity index (χ4v) is 2.24. The molecule has 2 aromatic carbocycles. The Labute approximate surface area is 140 Å². The highest BCUT2D eigenvalue weighted by Gasteiger charge is 2.24. The van der Waals surface area contributed by atoms with Gasteiger partial charge in [0.1, 0.15) is 11.4 Å². The molecule has 0 aliphatic rings. The molecule has 1 unspecified atom stereocenters. The molecule has 2 rings (SSSR count). The molecule has 0 aromatic heterocycles. The molecule has 0 saturated carbocycles. The number of hydrogen-bond donors (Lipinski definition) is 2. The summed E-state index contributed by atoms with van der Waals surface area (Å²) in [6, 6.07) is 10.3. The van der Waals surface area contributed by atoms with Crippen LogP contribution in [0.2, 0.25) is 0 Å². The third-order valence-electron chi connectivity index (χ3n) is 3.71. The van der Waals surface area contributed by atoms with Crippen LogP contribution in [0.5, 0.6) is 11.5 Å². The van der Waals surface area contributed by atoms with Gasteiger partial charge in [0.05, 0.1) is 20.8 Å². The van der Waals surface area contributed by atoms with Gasteiger partial charge in [-0.25, -0.2) is 4.39 Å². The average Bonchev–Trinajstić information content (AvgIpc) is 2.59. The molecule has 24 heavy (non-hydrogen) atoms. The molecule has 5 nitrogen and oxygen atoms in total. The normalized spacial score (nSPS) is 13.0. The first-order valence-electron chi connectivity index (χ1n) is 7.36. The highest BCUT2D eigenvalue weighted by Crippen LogP contribution is 2.27. The van der Waals surface area contributed by atoms with E-state index >= 15 is 0 Å². The highest BCUT2D eigenvalue weighted by atomic mass is 19.1. The lowest BCUT2D eigenvalue weighted by molar-refractivity contribution is 0.0526. The van der Waals surface area contributed by atoms with E-state index in [4.69, 9.17) is 9.47 Å². The molecule has 6 heteroatoms. The molecular formula is C18H20FNO4. The molecule has 2 aromatic rings. The number of aliphatic hydroxyl groups is 1. The number of halogens is 1. The second-order valence-electron chi connectivity index (χ2n) is 5.53. The number of carbonyl (C=O) groups is 1. The summed E-state index contributed by atoms with van der Waals surface area (Å²) in [5.41, 5.74) is -0.432. The minimum atomic E-state index is -1.32. The summed E-state index contributed by atoms with van der Waals surface area (Å²) in [7, 11) is 3.00. The summed E-state index contributed by atoms with van der Waals surface area (Å²) in [4.78, 5) is 12.3. The zero-order valence-corrected chi connectivity index (χ0v) is 13.8. The Morgan fingerprint density at radius 1 is 1.12 bits per heavy atom. The van der Waals surface area contributed by atoms with Crippen LogP contribution >= 0.6 is 0 Å². The zero-order chi connectivity index (χ0) is 17.7. The van der Waals surface area contributed by atoms with E-state index in [1.165, 1.54) is 38.5 Å². The first-order valence-corrected chi connectivity index (χ1v) is 7.36. The molecule has 0 aliphatic heterocycles. The first-order chi connectivity index (χ1) is 11.4. The van der Waals surface area contributed by atoms with Crippen LogP contribution in [0, 0.1) is 5.82 Å². The maximum atomic E-state index is 13.0. The van der Waals surface area contributed by atoms with Crippen molar-refractivity contribution in [3.05, 3.63) is 59.4 Å². The SMILES string of the molecule is COc1ccc(C(=O)NCC(C)(O)c2ccc(F)cc2)cc1OC. The van der Waals surface area contributed by atoms with E-state index in [-0.39, 0.29) is 18.3 Å².